The van der Waals surface area contributed by atoms with Crippen molar-refractivity contribution in [2.75, 3.05) is 24.3 Å². The van der Waals surface area contributed by atoms with E-state index in [1.54, 1.807) is 12.1 Å². The fourth-order valence-corrected chi connectivity index (χ4v) is 2.86. The van der Waals surface area contributed by atoms with Gasteiger partial charge in [0.05, 0.1) is 0 Å². The number of rotatable bonds is 6. The first-order chi connectivity index (χ1) is 12.4. The second-order valence-corrected chi connectivity index (χ2v) is 7.22. The molecule has 2 aromatic carbocycles. The van der Waals surface area contributed by atoms with Crippen LogP contribution in [0.2, 0.25) is 5.02 Å². The summed E-state index contributed by atoms with van der Waals surface area (Å²) in [5.41, 5.74) is 1.73. The van der Waals surface area contributed by atoms with Crippen molar-refractivity contribution in [1.29, 1.82) is 0 Å². The highest BCUT2D eigenvalue weighted by molar-refractivity contribution is 6.30. The van der Waals surface area contributed by atoms with E-state index in [2.05, 4.69) is 10.6 Å². The van der Waals surface area contributed by atoms with Crippen molar-refractivity contribution in [2.24, 2.45) is 5.41 Å². The average Bonchev–Trinajstić information content (AvgIpc) is 3.43. The van der Waals surface area contributed by atoms with Crippen molar-refractivity contribution in [3.63, 3.8) is 0 Å². The van der Waals surface area contributed by atoms with Gasteiger partial charge >= 0.3 is 0 Å². The number of nitrogens with one attached hydrogen (secondary N) is 2. The number of nitrogens with zero attached hydrogens (tertiary/aromatic N) is 1. The lowest BCUT2D eigenvalue weighted by atomic mass is 10.0. The zero-order chi connectivity index (χ0) is 18.7. The van der Waals surface area contributed by atoms with Crippen LogP contribution in [0.25, 0.3) is 0 Å². The highest BCUT2D eigenvalue weighted by atomic mass is 35.5. The topological polar surface area (TPSA) is 61.4 Å². The Labute approximate surface area is 158 Å². The molecule has 2 amide bonds. The maximum absolute atomic E-state index is 12.6. The van der Waals surface area contributed by atoms with E-state index in [1.807, 2.05) is 55.4 Å². The number of carbonyl (C=O) groups is 2. The molecule has 3 rings (SSSR count). The van der Waals surface area contributed by atoms with Crippen molar-refractivity contribution >= 4 is 34.8 Å². The molecule has 0 saturated heterocycles. The van der Waals surface area contributed by atoms with E-state index in [1.165, 1.54) is 0 Å². The minimum Gasteiger partial charge on any atom is -0.378 e. The molecule has 0 aliphatic heterocycles. The third-order valence-electron chi connectivity index (χ3n) is 4.63. The molecule has 0 heterocycles. The fraction of sp³-hybridized carbons (Fsp3) is 0.300. The first-order valence-corrected chi connectivity index (χ1v) is 8.90. The predicted molar refractivity (Wildman–Crippen MR) is 104 cm³/mol. The van der Waals surface area contributed by atoms with Crippen molar-refractivity contribution in [2.45, 2.75) is 19.4 Å². The van der Waals surface area contributed by atoms with Crippen LogP contribution in [-0.2, 0) is 16.1 Å². The van der Waals surface area contributed by atoms with Gasteiger partial charge in [0.1, 0.15) is 5.41 Å². The van der Waals surface area contributed by atoms with Crippen molar-refractivity contribution in [3.8, 4) is 0 Å². The Bertz CT molecular complexity index is 797. The lowest BCUT2D eigenvalue weighted by Crippen LogP contribution is -2.39. The Kier molecular flexibility index (Phi) is 5.18. The van der Waals surface area contributed by atoms with E-state index >= 15 is 0 Å². The molecule has 1 aliphatic rings. The van der Waals surface area contributed by atoms with Crippen LogP contribution in [0.1, 0.15) is 18.4 Å². The maximum Gasteiger partial charge on any atom is 0.240 e. The van der Waals surface area contributed by atoms with E-state index < -0.39 is 5.41 Å². The summed E-state index contributed by atoms with van der Waals surface area (Å²) in [7, 11) is 3.91. The van der Waals surface area contributed by atoms with Gasteiger partial charge in [-0.2, -0.15) is 0 Å². The molecule has 0 spiro atoms. The molecule has 26 heavy (non-hydrogen) atoms. The summed E-state index contributed by atoms with van der Waals surface area (Å²) in [5.74, 6) is -0.474. The van der Waals surface area contributed by atoms with Gasteiger partial charge in [0.25, 0.3) is 0 Å². The highest BCUT2D eigenvalue weighted by Crippen LogP contribution is 2.47. The molecule has 2 aromatic rings. The Morgan fingerprint density at radius 2 is 1.62 bits per heavy atom. The third-order valence-corrected chi connectivity index (χ3v) is 4.88. The van der Waals surface area contributed by atoms with Gasteiger partial charge in [0.15, 0.2) is 0 Å². The summed E-state index contributed by atoms with van der Waals surface area (Å²) in [4.78, 5) is 27.1. The number of hydrogen-bond donors (Lipinski definition) is 2. The Morgan fingerprint density at radius 3 is 2.15 bits per heavy atom. The van der Waals surface area contributed by atoms with E-state index in [4.69, 9.17) is 11.6 Å². The van der Waals surface area contributed by atoms with Crippen LogP contribution in [0.4, 0.5) is 11.4 Å². The Morgan fingerprint density at radius 1 is 1.00 bits per heavy atom. The molecule has 0 bridgehead atoms. The molecule has 1 fully saturated rings. The van der Waals surface area contributed by atoms with E-state index in [0.717, 1.165) is 11.3 Å². The fourth-order valence-electron chi connectivity index (χ4n) is 2.73. The molecule has 136 valence electrons. The van der Waals surface area contributed by atoms with Gasteiger partial charge in [-0.25, -0.2) is 0 Å². The summed E-state index contributed by atoms with van der Waals surface area (Å²) >= 11 is 5.86. The van der Waals surface area contributed by atoms with Gasteiger partial charge in [0.2, 0.25) is 11.8 Å². The summed E-state index contributed by atoms with van der Waals surface area (Å²) in [6.07, 6.45) is 1.14. The molecule has 1 aliphatic carbocycles. The van der Waals surface area contributed by atoms with E-state index in [0.29, 0.717) is 30.1 Å². The van der Waals surface area contributed by atoms with Crippen molar-refractivity contribution < 1.29 is 9.59 Å². The second kappa shape index (κ2) is 7.38. The standard InChI is InChI=1S/C20H22ClN3O2/c1-24(2)17-9-7-16(8-10-17)23-19(26)20(11-12-20)18(25)22-13-14-3-5-15(21)6-4-14/h3-10H,11-13H2,1-2H3,(H,22,25)(H,23,26). The number of hydrogen-bond acceptors (Lipinski definition) is 3. The lowest BCUT2D eigenvalue weighted by Gasteiger charge is -2.17. The van der Waals surface area contributed by atoms with Crippen molar-refractivity contribution in [3.05, 3.63) is 59.1 Å². The smallest absolute Gasteiger partial charge is 0.240 e. The molecular formula is C20H22ClN3O2. The van der Waals surface area contributed by atoms with Crippen LogP contribution in [0, 0.1) is 5.41 Å². The number of carbonyl (C=O) groups excluding carboxylic acids is 2. The Balaban J connectivity index is 1.59. The van der Waals surface area contributed by atoms with Crippen LogP contribution in [0.5, 0.6) is 0 Å². The SMILES string of the molecule is CN(C)c1ccc(NC(=O)C2(C(=O)NCc3ccc(Cl)cc3)CC2)cc1. The van der Waals surface area contributed by atoms with Crippen LogP contribution in [0.15, 0.2) is 48.5 Å². The van der Waals surface area contributed by atoms with Crippen molar-refractivity contribution in [1.82, 2.24) is 5.32 Å². The molecule has 0 radical (unpaired) electrons. The summed E-state index contributed by atoms with van der Waals surface area (Å²) in [6.45, 7) is 0.378. The van der Waals surface area contributed by atoms with Crippen LogP contribution < -0.4 is 15.5 Å². The maximum atomic E-state index is 12.6. The lowest BCUT2D eigenvalue weighted by molar-refractivity contribution is -0.134. The minimum absolute atomic E-state index is 0.227. The zero-order valence-corrected chi connectivity index (χ0v) is 15.6. The molecular weight excluding hydrogens is 350 g/mol. The summed E-state index contributed by atoms with van der Waals surface area (Å²) in [5, 5.41) is 6.38. The van der Waals surface area contributed by atoms with Gasteiger partial charge in [0, 0.05) is 37.0 Å². The minimum atomic E-state index is -0.952. The first-order valence-electron chi connectivity index (χ1n) is 8.52. The van der Waals surface area contributed by atoms with E-state index in [-0.39, 0.29) is 11.8 Å². The van der Waals surface area contributed by atoms with Gasteiger partial charge in [-0.3, -0.25) is 9.59 Å². The van der Waals surface area contributed by atoms with Crippen LogP contribution >= 0.6 is 11.6 Å². The summed E-state index contributed by atoms with van der Waals surface area (Å²) < 4.78 is 0. The van der Waals surface area contributed by atoms with E-state index in [9.17, 15) is 9.59 Å². The number of halogens is 1. The molecule has 6 heteroatoms. The van der Waals surface area contributed by atoms with Gasteiger partial charge < -0.3 is 15.5 Å². The van der Waals surface area contributed by atoms with Gasteiger partial charge in [-0.05, 0) is 54.8 Å². The monoisotopic (exact) mass is 371 g/mol. The summed E-state index contributed by atoms with van der Waals surface area (Å²) in [6, 6.07) is 14.8. The molecule has 5 nitrogen and oxygen atoms in total. The normalized spacial score (nSPS) is 14.4. The van der Waals surface area contributed by atoms with Gasteiger partial charge in [-0.15, -0.1) is 0 Å². The molecule has 2 N–H and O–H groups in total. The number of benzene rings is 2. The molecule has 0 atom stereocenters. The zero-order valence-electron chi connectivity index (χ0n) is 14.9. The molecule has 0 unspecified atom stereocenters. The molecule has 1 saturated carbocycles. The highest BCUT2D eigenvalue weighted by Gasteiger charge is 2.56. The first kappa shape index (κ1) is 18.3. The average molecular weight is 372 g/mol. The Hall–Kier alpha value is -2.53. The largest absolute Gasteiger partial charge is 0.378 e. The van der Waals surface area contributed by atoms with Gasteiger partial charge in [-0.1, -0.05) is 23.7 Å². The molecule has 0 aromatic heterocycles. The number of anilines is 2. The van der Waals surface area contributed by atoms with Crippen LogP contribution in [-0.4, -0.2) is 25.9 Å². The second-order valence-electron chi connectivity index (χ2n) is 6.79. The third kappa shape index (κ3) is 3.99. The number of amides is 2. The quantitative estimate of drug-likeness (QED) is 0.764. The van der Waals surface area contributed by atoms with Crippen LogP contribution in [0.3, 0.4) is 0 Å². The predicted octanol–water partition coefficient (Wildman–Crippen LogP) is 3.44.